The SMILES string of the molecule is C[C]NCCP(c1ccccc1)c1ccccc1. The van der Waals surface area contributed by atoms with Gasteiger partial charge in [0.15, 0.2) is 0 Å². The van der Waals surface area contributed by atoms with Crippen LogP contribution in [-0.4, -0.2) is 12.7 Å². The first-order valence-electron chi connectivity index (χ1n) is 6.19. The highest BCUT2D eigenvalue weighted by molar-refractivity contribution is 7.73. The molecule has 0 heterocycles. The molecule has 0 fully saturated rings. The summed E-state index contributed by atoms with van der Waals surface area (Å²) in [4.78, 5) is 0. The van der Waals surface area contributed by atoms with Crippen molar-refractivity contribution in [2.45, 2.75) is 6.92 Å². The molecule has 18 heavy (non-hydrogen) atoms. The van der Waals surface area contributed by atoms with Gasteiger partial charge in [-0.15, -0.1) is 0 Å². The zero-order valence-corrected chi connectivity index (χ0v) is 11.5. The zero-order valence-electron chi connectivity index (χ0n) is 10.6. The summed E-state index contributed by atoms with van der Waals surface area (Å²) in [7, 11) is -0.265. The maximum absolute atomic E-state index is 3.18. The predicted molar refractivity (Wildman–Crippen MR) is 80.9 cm³/mol. The summed E-state index contributed by atoms with van der Waals surface area (Å²) < 4.78 is 0. The minimum atomic E-state index is -0.265. The fourth-order valence-electron chi connectivity index (χ4n) is 1.92. The Labute approximate surface area is 111 Å². The first-order valence-corrected chi connectivity index (χ1v) is 7.72. The molecular weight excluding hydrogens is 237 g/mol. The first kappa shape index (κ1) is 13.3. The summed E-state index contributed by atoms with van der Waals surface area (Å²) in [6, 6.07) is 21.6. The van der Waals surface area contributed by atoms with Gasteiger partial charge in [-0.1, -0.05) is 60.7 Å². The van der Waals surface area contributed by atoms with Crippen LogP contribution in [0.4, 0.5) is 0 Å². The van der Waals surface area contributed by atoms with Gasteiger partial charge >= 0.3 is 0 Å². The van der Waals surface area contributed by atoms with Crippen molar-refractivity contribution in [1.82, 2.24) is 5.32 Å². The fraction of sp³-hybridized carbons (Fsp3) is 0.188. The van der Waals surface area contributed by atoms with Crippen LogP contribution in [0, 0.1) is 6.54 Å². The normalized spacial score (nSPS) is 10.8. The van der Waals surface area contributed by atoms with Gasteiger partial charge < -0.3 is 5.32 Å². The van der Waals surface area contributed by atoms with Gasteiger partial charge in [-0.2, -0.15) is 0 Å². The highest BCUT2D eigenvalue weighted by Gasteiger charge is 2.12. The lowest BCUT2D eigenvalue weighted by atomic mass is 10.4. The van der Waals surface area contributed by atoms with Crippen molar-refractivity contribution in [3.63, 3.8) is 0 Å². The topological polar surface area (TPSA) is 12.0 Å². The van der Waals surface area contributed by atoms with E-state index in [1.165, 1.54) is 10.6 Å². The molecule has 0 unspecified atom stereocenters. The Hall–Kier alpha value is -1.17. The van der Waals surface area contributed by atoms with Crippen LogP contribution < -0.4 is 15.9 Å². The molecule has 0 saturated carbocycles. The van der Waals surface area contributed by atoms with E-state index >= 15 is 0 Å². The molecule has 0 saturated heterocycles. The molecule has 0 aliphatic rings. The standard InChI is InChI=1S/C16H18NP/c1-2-17-13-14-18(15-9-5-3-6-10-15)16-11-7-4-8-12-16/h3-12,17H,13-14H2,1H3. The molecule has 2 aromatic rings. The Morgan fingerprint density at radius 3 is 1.83 bits per heavy atom. The van der Waals surface area contributed by atoms with Gasteiger partial charge in [0.25, 0.3) is 0 Å². The van der Waals surface area contributed by atoms with E-state index in [4.69, 9.17) is 0 Å². The molecule has 0 aliphatic carbocycles. The summed E-state index contributed by atoms with van der Waals surface area (Å²) >= 11 is 0. The number of hydrogen-bond donors (Lipinski definition) is 1. The van der Waals surface area contributed by atoms with E-state index in [0.29, 0.717) is 0 Å². The molecule has 2 radical (unpaired) electrons. The smallest absolute Gasteiger partial charge is 0.0552 e. The number of rotatable bonds is 6. The van der Waals surface area contributed by atoms with Gasteiger partial charge in [-0.25, -0.2) is 0 Å². The number of benzene rings is 2. The lowest BCUT2D eigenvalue weighted by Gasteiger charge is -2.18. The maximum Gasteiger partial charge on any atom is 0.0552 e. The molecule has 2 heteroatoms. The minimum Gasteiger partial charge on any atom is -0.308 e. The molecular formula is C16H18NP. The van der Waals surface area contributed by atoms with Crippen molar-refractivity contribution in [2.24, 2.45) is 0 Å². The quantitative estimate of drug-likeness (QED) is 0.475. The lowest BCUT2D eigenvalue weighted by Crippen LogP contribution is -2.20. The third-order valence-corrected chi connectivity index (χ3v) is 5.29. The van der Waals surface area contributed by atoms with Gasteiger partial charge in [0.2, 0.25) is 0 Å². The van der Waals surface area contributed by atoms with E-state index < -0.39 is 0 Å². The third-order valence-electron chi connectivity index (χ3n) is 2.77. The molecule has 0 bridgehead atoms. The van der Waals surface area contributed by atoms with Crippen molar-refractivity contribution in [1.29, 1.82) is 0 Å². The van der Waals surface area contributed by atoms with Gasteiger partial charge in [-0.05, 0) is 31.6 Å². The highest BCUT2D eigenvalue weighted by Crippen LogP contribution is 2.32. The average molecular weight is 255 g/mol. The second kappa shape index (κ2) is 7.31. The molecule has 0 aliphatic heterocycles. The summed E-state index contributed by atoms with van der Waals surface area (Å²) in [6.07, 6.45) is 1.14. The van der Waals surface area contributed by atoms with Crippen molar-refractivity contribution in [3.05, 3.63) is 67.2 Å². The van der Waals surface area contributed by atoms with Crippen molar-refractivity contribution in [3.8, 4) is 0 Å². The predicted octanol–water partition coefficient (Wildman–Crippen LogP) is 2.77. The number of nitrogens with one attached hydrogen (secondary N) is 1. The zero-order chi connectivity index (χ0) is 12.6. The van der Waals surface area contributed by atoms with Gasteiger partial charge in [-0.3, -0.25) is 0 Å². The van der Waals surface area contributed by atoms with Gasteiger partial charge in [0.05, 0.1) is 6.54 Å². The molecule has 2 rings (SSSR count). The van der Waals surface area contributed by atoms with Crippen LogP contribution in [0.25, 0.3) is 0 Å². The van der Waals surface area contributed by atoms with Gasteiger partial charge in [0.1, 0.15) is 0 Å². The van der Waals surface area contributed by atoms with Crippen LogP contribution in [0.2, 0.25) is 0 Å². The second-order valence-corrected chi connectivity index (χ2v) is 6.34. The first-order chi connectivity index (χ1) is 8.92. The van der Waals surface area contributed by atoms with Crippen LogP contribution in [0.5, 0.6) is 0 Å². The van der Waals surface area contributed by atoms with Crippen LogP contribution in [0.3, 0.4) is 0 Å². The molecule has 1 nitrogen and oxygen atoms in total. The average Bonchev–Trinajstić information content (AvgIpc) is 2.46. The minimum absolute atomic E-state index is 0.265. The Kier molecular flexibility index (Phi) is 5.38. The van der Waals surface area contributed by atoms with E-state index in [-0.39, 0.29) is 7.92 Å². The molecule has 0 amide bonds. The van der Waals surface area contributed by atoms with E-state index in [9.17, 15) is 0 Å². The second-order valence-electron chi connectivity index (χ2n) is 4.00. The Morgan fingerprint density at radius 1 is 0.889 bits per heavy atom. The highest BCUT2D eigenvalue weighted by atomic mass is 31.1. The van der Waals surface area contributed by atoms with E-state index in [0.717, 1.165) is 12.7 Å². The van der Waals surface area contributed by atoms with Crippen LogP contribution in [-0.2, 0) is 0 Å². The molecule has 2 aromatic carbocycles. The Balaban J connectivity index is 2.18. The van der Waals surface area contributed by atoms with Crippen LogP contribution in [0.15, 0.2) is 60.7 Å². The number of hydrogen-bond acceptors (Lipinski definition) is 1. The van der Waals surface area contributed by atoms with Crippen LogP contribution >= 0.6 is 7.92 Å². The van der Waals surface area contributed by atoms with Gasteiger partial charge in [0, 0.05) is 6.54 Å². The Morgan fingerprint density at radius 2 is 1.39 bits per heavy atom. The summed E-state index contributed by atoms with van der Waals surface area (Å²) in [5, 5.41) is 6.07. The largest absolute Gasteiger partial charge is 0.308 e. The fourth-order valence-corrected chi connectivity index (χ4v) is 4.13. The van der Waals surface area contributed by atoms with E-state index in [2.05, 4.69) is 72.5 Å². The summed E-state index contributed by atoms with van der Waals surface area (Å²) in [5.41, 5.74) is 0. The van der Waals surface area contributed by atoms with E-state index in [1.54, 1.807) is 0 Å². The summed E-state index contributed by atoms with van der Waals surface area (Å²) in [6.45, 7) is 5.87. The molecule has 1 N–H and O–H groups in total. The molecule has 92 valence electrons. The molecule has 0 aromatic heterocycles. The van der Waals surface area contributed by atoms with Crippen molar-refractivity contribution < 1.29 is 0 Å². The monoisotopic (exact) mass is 255 g/mol. The van der Waals surface area contributed by atoms with Crippen molar-refractivity contribution >= 4 is 18.5 Å². The molecule has 0 spiro atoms. The third kappa shape index (κ3) is 3.66. The van der Waals surface area contributed by atoms with E-state index in [1.807, 2.05) is 6.92 Å². The van der Waals surface area contributed by atoms with Crippen molar-refractivity contribution in [2.75, 3.05) is 12.7 Å². The molecule has 0 atom stereocenters. The maximum atomic E-state index is 3.18. The van der Waals surface area contributed by atoms with Crippen LogP contribution in [0.1, 0.15) is 6.92 Å². The lowest BCUT2D eigenvalue weighted by molar-refractivity contribution is 0.853. The Bertz CT molecular complexity index is 402. The summed E-state index contributed by atoms with van der Waals surface area (Å²) in [5.74, 6) is 0.